The first-order valence-corrected chi connectivity index (χ1v) is 4.59. The highest BCUT2D eigenvalue weighted by atomic mass is 19.1. The molecule has 0 aliphatic carbocycles. The predicted octanol–water partition coefficient (Wildman–Crippen LogP) is 0.0364. The molecular formula is C10H9FN2O3. The standard InChI is InChI=1S/C10H9FN2O3/c11-6-1-2-7-8(3-6)16-5-10(15)13(7)4-9(12)14/h1-3H,4-5H2,(H2,12,14). The van der Waals surface area contributed by atoms with E-state index >= 15 is 0 Å². The van der Waals surface area contributed by atoms with Crippen LogP contribution >= 0.6 is 0 Å². The molecule has 16 heavy (non-hydrogen) atoms. The molecule has 0 saturated carbocycles. The van der Waals surface area contributed by atoms with Crippen molar-refractivity contribution in [3.8, 4) is 5.75 Å². The van der Waals surface area contributed by atoms with E-state index in [1.54, 1.807) is 0 Å². The number of benzene rings is 1. The third-order valence-electron chi connectivity index (χ3n) is 2.18. The molecule has 1 aromatic rings. The number of amides is 2. The van der Waals surface area contributed by atoms with Crippen LogP contribution in [0, 0.1) is 5.82 Å². The maximum Gasteiger partial charge on any atom is 0.265 e. The third-order valence-corrected chi connectivity index (χ3v) is 2.18. The van der Waals surface area contributed by atoms with Gasteiger partial charge in [0.15, 0.2) is 6.61 Å². The van der Waals surface area contributed by atoms with Crippen LogP contribution in [0.5, 0.6) is 5.75 Å². The summed E-state index contributed by atoms with van der Waals surface area (Å²) in [7, 11) is 0. The van der Waals surface area contributed by atoms with Crippen molar-refractivity contribution in [1.82, 2.24) is 0 Å². The number of hydrogen-bond acceptors (Lipinski definition) is 3. The Morgan fingerprint density at radius 2 is 2.31 bits per heavy atom. The zero-order chi connectivity index (χ0) is 11.7. The first-order chi connectivity index (χ1) is 7.58. The summed E-state index contributed by atoms with van der Waals surface area (Å²) in [6.45, 7) is -0.454. The largest absolute Gasteiger partial charge is 0.481 e. The summed E-state index contributed by atoms with van der Waals surface area (Å²) in [6.07, 6.45) is 0. The number of hydrogen-bond donors (Lipinski definition) is 1. The molecule has 0 radical (unpaired) electrons. The normalized spacial score (nSPS) is 14.3. The Hall–Kier alpha value is -2.11. The van der Waals surface area contributed by atoms with Gasteiger partial charge in [-0.15, -0.1) is 0 Å². The van der Waals surface area contributed by atoms with Gasteiger partial charge in [0.2, 0.25) is 5.91 Å². The number of rotatable bonds is 2. The van der Waals surface area contributed by atoms with E-state index in [1.165, 1.54) is 17.0 Å². The highest BCUT2D eigenvalue weighted by Gasteiger charge is 2.26. The van der Waals surface area contributed by atoms with E-state index in [0.717, 1.165) is 6.07 Å². The zero-order valence-electron chi connectivity index (χ0n) is 8.27. The van der Waals surface area contributed by atoms with Crippen LogP contribution in [0.25, 0.3) is 0 Å². The van der Waals surface area contributed by atoms with E-state index in [0.29, 0.717) is 5.69 Å². The number of primary amides is 1. The number of ether oxygens (including phenoxy) is 1. The smallest absolute Gasteiger partial charge is 0.265 e. The Labute approximate surface area is 90.6 Å². The van der Waals surface area contributed by atoms with Crippen LogP contribution in [0.4, 0.5) is 10.1 Å². The second-order valence-electron chi connectivity index (χ2n) is 3.35. The van der Waals surface area contributed by atoms with E-state index < -0.39 is 11.7 Å². The Bertz CT molecular complexity index is 461. The molecule has 0 aromatic heterocycles. The number of carbonyl (C=O) groups excluding carboxylic acids is 2. The molecule has 0 saturated heterocycles. The molecule has 0 atom stereocenters. The van der Waals surface area contributed by atoms with Crippen molar-refractivity contribution in [2.24, 2.45) is 5.73 Å². The van der Waals surface area contributed by atoms with Gasteiger partial charge in [-0.25, -0.2) is 4.39 Å². The molecule has 2 N–H and O–H groups in total. The van der Waals surface area contributed by atoms with Crippen LogP contribution in [0.3, 0.4) is 0 Å². The summed E-state index contributed by atoms with van der Waals surface area (Å²) in [5.41, 5.74) is 5.38. The Balaban J connectivity index is 2.40. The van der Waals surface area contributed by atoms with Crippen molar-refractivity contribution in [3.63, 3.8) is 0 Å². The minimum atomic E-state index is -0.634. The lowest BCUT2D eigenvalue weighted by molar-refractivity contribution is -0.124. The van der Waals surface area contributed by atoms with Crippen molar-refractivity contribution < 1.29 is 18.7 Å². The molecule has 0 spiro atoms. The molecule has 0 fully saturated rings. The number of fused-ring (bicyclic) bond motifs is 1. The lowest BCUT2D eigenvalue weighted by Gasteiger charge is -2.28. The molecule has 1 aliphatic rings. The average molecular weight is 224 g/mol. The van der Waals surface area contributed by atoms with Gasteiger partial charge in [0.05, 0.1) is 5.69 Å². The highest BCUT2D eigenvalue weighted by molar-refractivity contribution is 6.01. The Kier molecular flexibility index (Phi) is 2.47. The molecule has 2 rings (SSSR count). The van der Waals surface area contributed by atoms with Crippen molar-refractivity contribution >= 4 is 17.5 Å². The fourth-order valence-electron chi connectivity index (χ4n) is 1.51. The monoisotopic (exact) mass is 224 g/mol. The molecule has 1 aromatic carbocycles. The molecule has 5 nitrogen and oxygen atoms in total. The Morgan fingerprint density at radius 1 is 1.56 bits per heavy atom. The Morgan fingerprint density at radius 3 is 3.00 bits per heavy atom. The van der Waals surface area contributed by atoms with Crippen molar-refractivity contribution in [2.75, 3.05) is 18.1 Å². The molecule has 84 valence electrons. The molecule has 1 aliphatic heterocycles. The van der Waals surface area contributed by atoms with Gasteiger partial charge in [-0.2, -0.15) is 0 Å². The summed E-state index contributed by atoms with van der Waals surface area (Å²) >= 11 is 0. The van der Waals surface area contributed by atoms with Gasteiger partial charge in [0, 0.05) is 6.07 Å². The molecular weight excluding hydrogens is 215 g/mol. The minimum absolute atomic E-state index is 0.219. The summed E-state index contributed by atoms with van der Waals surface area (Å²) in [5.74, 6) is -1.24. The van der Waals surface area contributed by atoms with E-state index in [4.69, 9.17) is 10.5 Å². The summed E-state index contributed by atoms with van der Waals surface area (Å²) in [4.78, 5) is 23.5. The second kappa shape index (κ2) is 3.80. The summed E-state index contributed by atoms with van der Waals surface area (Å²) < 4.78 is 18.0. The average Bonchev–Trinajstić information content (AvgIpc) is 2.22. The van der Waals surface area contributed by atoms with Gasteiger partial charge in [-0.05, 0) is 12.1 Å². The van der Waals surface area contributed by atoms with Crippen molar-refractivity contribution in [2.45, 2.75) is 0 Å². The van der Waals surface area contributed by atoms with E-state index in [9.17, 15) is 14.0 Å². The molecule has 6 heteroatoms. The fraction of sp³-hybridized carbons (Fsp3) is 0.200. The third kappa shape index (κ3) is 1.81. The van der Waals surface area contributed by atoms with Crippen LogP contribution in [0.1, 0.15) is 0 Å². The predicted molar refractivity (Wildman–Crippen MR) is 53.4 cm³/mol. The fourth-order valence-corrected chi connectivity index (χ4v) is 1.51. The zero-order valence-corrected chi connectivity index (χ0v) is 8.27. The maximum absolute atomic E-state index is 12.9. The topological polar surface area (TPSA) is 72.6 Å². The quantitative estimate of drug-likeness (QED) is 0.770. The van der Waals surface area contributed by atoms with E-state index in [2.05, 4.69) is 0 Å². The molecule has 2 amide bonds. The van der Waals surface area contributed by atoms with E-state index in [1.807, 2.05) is 0 Å². The molecule has 0 bridgehead atoms. The van der Waals surface area contributed by atoms with Gasteiger partial charge in [0.25, 0.3) is 5.91 Å². The molecule has 1 heterocycles. The molecule has 0 unspecified atom stereocenters. The van der Waals surface area contributed by atoms with Crippen LogP contribution in [-0.4, -0.2) is 25.0 Å². The number of anilines is 1. The first kappa shape index (κ1) is 10.4. The first-order valence-electron chi connectivity index (χ1n) is 4.59. The van der Waals surface area contributed by atoms with E-state index in [-0.39, 0.29) is 24.8 Å². The van der Waals surface area contributed by atoms with Gasteiger partial charge in [0.1, 0.15) is 18.1 Å². The SMILES string of the molecule is NC(=O)CN1C(=O)COc2cc(F)ccc21. The lowest BCUT2D eigenvalue weighted by atomic mass is 10.2. The summed E-state index contributed by atoms with van der Waals surface area (Å²) in [6, 6.07) is 3.73. The van der Waals surface area contributed by atoms with Gasteiger partial charge in [-0.1, -0.05) is 0 Å². The number of nitrogens with zero attached hydrogens (tertiary/aromatic N) is 1. The number of nitrogens with two attached hydrogens (primary N) is 1. The maximum atomic E-state index is 12.9. The highest BCUT2D eigenvalue weighted by Crippen LogP contribution is 2.32. The van der Waals surface area contributed by atoms with Crippen LogP contribution in [-0.2, 0) is 9.59 Å². The summed E-state index contributed by atoms with van der Waals surface area (Å²) in [5, 5.41) is 0. The van der Waals surface area contributed by atoms with Gasteiger partial charge in [-0.3, -0.25) is 14.5 Å². The number of halogens is 1. The van der Waals surface area contributed by atoms with Crippen molar-refractivity contribution in [3.05, 3.63) is 24.0 Å². The van der Waals surface area contributed by atoms with Crippen LogP contribution < -0.4 is 15.4 Å². The van der Waals surface area contributed by atoms with Crippen molar-refractivity contribution in [1.29, 1.82) is 0 Å². The van der Waals surface area contributed by atoms with Gasteiger partial charge < -0.3 is 10.5 Å². The van der Waals surface area contributed by atoms with Crippen LogP contribution in [0.2, 0.25) is 0 Å². The lowest BCUT2D eigenvalue weighted by Crippen LogP contribution is -2.43. The second-order valence-corrected chi connectivity index (χ2v) is 3.35. The number of carbonyl (C=O) groups is 2. The minimum Gasteiger partial charge on any atom is -0.481 e. The van der Waals surface area contributed by atoms with Gasteiger partial charge >= 0.3 is 0 Å². The van der Waals surface area contributed by atoms with Crippen LogP contribution in [0.15, 0.2) is 18.2 Å².